The Bertz CT molecular complexity index is 1360. The second kappa shape index (κ2) is 14.4. The Labute approximate surface area is 246 Å². The van der Waals surface area contributed by atoms with Crippen molar-refractivity contribution in [3.8, 4) is 5.75 Å². The number of amides is 3. The van der Waals surface area contributed by atoms with Gasteiger partial charge in [0.25, 0.3) is 0 Å². The van der Waals surface area contributed by atoms with E-state index in [1.54, 1.807) is 19.1 Å². The first-order chi connectivity index (χ1) is 20.2. The molecule has 3 amide bonds. The molecule has 220 valence electrons. The Morgan fingerprint density at radius 1 is 0.857 bits per heavy atom. The fourth-order valence-corrected chi connectivity index (χ4v) is 5.16. The lowest BCUT2D eigenvalue weighted by Gasteiger charge is -2.28. The molecule has 1 aliphatic rings. The fraction of sp³-hybridized carbons (Fsp3) is 0.333. The van der Waals surface area contributed by atoms with E-state index in [2.05, 4.69) is 10.6 Å². The highest BCUT2D eigenvalue weighted by atomic mass is 16.3. The normalized spacial score (nSPS) is 16.7. The van der Waals surface area contributed by atoms with Gasteiger partial charge in [-0.3, -0.25) is 19.2 Å². The molecule has 4 atom stereocenters. The lowest BCUT2D eigenvalue weighted by atomic mass is 10.0. The van der Waals surface area contributed by atoms with E-state index in [9.17, 15) is 24.3 Å². The first-order valence-corrected chi connectivity index (χ1v) is 14.3. The van der Waals surface area contributed by atoms with Crippen molar-refractivity contribution >= 4 is 23.5 Å². The lowest BCUT2D eigenvalue weighted by Crippen LogP contribution is -2.57. The third-order valence-corrected chi connectivity index (χ3v) is 7.53. The van der Waals surface area contributed by atoms with Crippen molar-refractivity contribution in [3.05, 3.63) is 102 Å². The molecular formula is C33H38N4O5. The van der Waals surface area contributed by atoms with Crippen LogP contribution in [0.4, 0.5) is 0 Å². The number of ketones is 1. The first-order valence-electron chi connectivity index (χ1n) is 14.3. The van der Waals surface area contributed by atoms with Gasteiger partial charge in [0.2, 0.25) is 17.7 Å². The monoisotopic (exact) mass is 570 g/mol. The van der Waals surface area contributed by atoms with E-state index in [0.29, 0.717) is 19.4 Å². The van der Waals surface area contributed by atoms with Crippen molar-refractivity contribution < 1.29 is 24.3 Å². The van der Waals surface area contributed by atoms with Crippen molar-refractivity contribution in [2.24, 2.45) is 5.73 Å². The van der Waals surface area contributed by atoms with Crippen molar-refractivity contribution in [3.63, 3.8) is 0 Å². The number of carbonyl (C=O) groups excluding carboxylic acids is 4. The van der Waals surface area contributed by atoms with Crippen LogP contribution in [0.25, 0.3) is 0 Å². The number of phenolic OH excluding ortho intramolecular Hbond substituents is 1. The van der Waals surface area contributed by atoms with Gasteiger partial charge in [-0.15, -0.1) is 0 Å². The minimum absolute atomic E-state index is 0.124. The zero-order valence-corrected chi connectivity index (χ0v) is 23.7. The smallest absolute Gasteiger partial charge is 0.243 e. The predicted octanol–water partition coefficient (Wildman–Crippen LogP) is 2.30. The van der Waals surface area contributed by atoms with Crippen LogP contribution in [0, 0.1) is 0 Å². The van der Waals surface area contributed by atoms with E-state index in [1.807, 2.05) is 60.7 Å². The van der Waals surface area contributed by atoms with Crippen LogP contribution in [-0.4, -0.2) is 64.2 Å². The van der Waals surface area contributed by atoms with Crippen molar-refractivity contribution in [1.82, 2.24) is 15.5 Å². The number of hydrogen-bond donors (Lipinski definition) is 4. The number of nitrogens with zero attached hydrogens (tertiary/aromatic N) is 1. The van der Waals surface area contributed by atoms with Crippen LogP contribution in [-0.2, 0) is 38.4 Å². The summed E-state index contributed by atoms with van der Waals surface area (Å²) in [6, 6.07) is 21.8. The molecular weight excluding hydrogens is 532 g/mol. The van der Waals surface area contributed by atoms with Crippen LogP contribution < -0.4 is 16.4 Å². The van der Waals surface area contributed by atoms with Gasteiger partial charge in [0.05, 0.1) is 12.1 Å². The molecule has 0 bridgehead atoms. The number of aromatic hydroxyl groups is 1. The number of phenols is 1. The van der Waals surface area contributed by atoms with E-state index in [-0.39, 0.29) is 36.7 Å². The van der Waals surface area contributed by atoms with Gasteiger partial charge in [-0.05, 0) is 55.0 Å². The maximum absolute atomic E-state index is 13.5. The van der Waals surface area contributed by atoms with E-state index >= 15 is 0 Å². The molecule has 1 aliphatic heterocycles. The van der Waals surface area contributed by atoms with Gasteiger partial charge in [-0.1, -0.05) is 72.8 Å². The fourth-order valence-electron chi connectivity index (χ4n) is 5.16. The molecule has 0 radical (unpaired) electrons. The molecule has 3 aromatic rings. The van der Waals surface area contributed by atoms with E-state index in [4.69, 9.17) is 5.73 Å². The average Bonchev–Trinajstić information content (AvgIpc) is 3.49. The Morgan fingerprint density at radius 3 is 2.10 bits per heavy atom. The molecule has 4 rings (SSSR count). The van der Waals surface area contributed by atoms with Gasteiger partial charge >= 0.3 is 0 Å². The van der Waals surface area contributed by atoms with E-state index in [0.717, 1.165) is 16.7 Å². The molecule has 0 saturated carbocycles. The van der Waals surface area contributed by atoms with Crippen LogP contribution in [0.5, 0.6) is 5.75 Å². The molecule has 1 heterocycles. The van der Waals surface area contributed by atoms with Gasteiger partial charge in [0.1, 0.15) is 17.8 Å². The van der Waals surface area contributed by atoms with Crippen LogP contribution in [0.3, 0.4) is 0 Å². The lowest BCUT2D eigenvalue weighted by molar-refractivity contribution is -0.140. The van der Waals surface area contributed by atoms with Crippen LogP contribution in [0.1, 0.15) is 36.5 Å². The van der Waals surface area contributed by atoms with E-state index in [1.165, 1.54) is 17.0 Å². The van der Waals surface area contributed by atoms with E-state index < -0.39 is 36.0 Å². The second-order valence-corrected chi connectivity index (χ2v) is 10.8. The number of Topliss-reactive ketones (excluding diaryl/α,β-unsaturated/α-hetero) is 1. The Kier molecular flexibility index (Phi) is 10.4. The summed E-state index contributed by atoms with van der Waals surface area (Å²) in [7, 11) is 0. The number of benzene rings is 3. The molecule has 3 aromatic carbocycles. The zero-order chi connectivity index (χ0) is 30.1. The molecule has 0 aromatic heterocycles. The van der Waals surface area contributed by atoms with Crippen LogP contribution in [0.2, 0.25) is 0 Å². The molecule has 5 N–H and O–H groups in total. The van der Waals surface area contributed by atoms with Crippen molar-refractivity contribution in [1.29, 1.82) is 0 Å². The molecule has 9 nitrogen and oxygen atoms in total. The Hall–Kier alpha value is -4.50. The summed E-state index contributed by atoms with van der Waals surface area (Å²) in [5.41, 5.74) is 8.73. The number of rotatable bonds is 12. The standard InChI is InChI=1S/C33H38N4O5/c1-22(30(39)21-24-11-6-3-7-12-24)35-31(40)28(20-23-9-4-2-5-10-23)36-32(41)29-13-8-18-37(29)33(42)27(34)19-25-14-16-26(38)17-15-25/h2-7,9-12,14-17,22,27-29,38H,8,13,18-21,34H2,1H3,(H,35,40)(H,36,41)/t22-,27-,28-,29-/m0/s1. The topological polar surface area (TPSA) is 142 Å². The molecule has 1 fully saturated rings. The Morgan fingerprint density at radius 2 is 1.45 bits per heavy atom. The first kappa shape index (κ1) is 30.5. The van der Waals surface area contributed by atoms with Gasteiger partial charge in [0, 0.05) is 19.4 Å². The van der Waals surface area contributed by atoms with Crippen LogP contribution in [0.15, 0.2) is 84.9 Å². The summed E-state index contributed by atoms with van der Waals surface area (Å²) in [6.45, 7) is 2.03. The summed E-state index contributed by atoms with van der Waals surface area (Å²) in [5, 5.41) is 15.1. The van der Waals surface area contributed by atoms with Crippen molar-refractivity contribution in [2.75, 3.05) is 6.54 Å². The molecule has 0 unspecified atom stereocenters. The van der Waals surface area contributed by atoms with Crippen molar-refractivity contribution in [2.45, 2.75) is 63.2 Å². The highest BCUT2D eigenvalue weighted by molar-refractivity contribution is 5.95. The maximum Gasteiger partial charge on any atom is 0.243 e. The van der Waals surface area contributed by atoms with Gasteiger partial charge in [0.15, 0.2) is 5.78 Å². The number of hydrogen-bond acceptors (Lipinski definition) is 6. The second-order valence-electron chi connectivity index (χ2n) is 10.8. The number of carbonyl (C=O) groups is 4. The summed E-state index contributed by atoms with van der Waals surface area (Å²) in [5.74, 6) is -1.27. The number of nitrogens with two attached hydrogens (primary N) is 1. The molecule has 42 heavy (non-hydrogen) atoms. The molecule has 1 saturated heterocycles. The highest BCUT2D eigenvalue weighted by Gasteiger charge is 2.37. The molecule has 9 heteroatoms. The zero-order valence-electron chi connectivity index (χ0n) is 23.7. The summed E-state index contributed by atoms with van der Waals surface area (Å²) in [6.07, 6.45) is 1.75. The minimum Gasteiger partial charge on any atom is -0.508 e. The molecule has 0 aliphatic carbocycles. The highest BCUT2D eigenvalue weighted by Crippen LogP contribution is 2.20. The third-order valence-electron chi connectivity index (χ3n) is 7.53. The number of likely N-dealkylation sites (tertiary alicyclic amines) is 1. The van der Waals surface area contributed by atoms with Gasteiger partial charge < -0.3 is 26.4 Å². The summed E-state index contributed by atoms with van der Waals surface area (Å²) < 4.78 is 0. The largest absolute Gasteiger partial charge is 0.508 e. The summed E-state index contributed by atoms with van der Waals surface area (Å²) >= 11 is 0. The predicted molar refractivity (Wildman–Crippen MR) is 159 cm³/mol. The minimum atomic E-state index is -0.949. The summed E-state index contributed by atoms with van der Waals surface area (Å²) in [4.78, 5) is 54.5. The SMILES string of the molecule is C[C@H](NC(=O)[C@H](Cc1ccccc1)NC(=O)[C@@H]1CCCN1C(=O)[C@@H](N)Cc1ccc(O)cc1)C(=O)Cc1ccccc1. The molecule has 0 spiro atoms. The Balaban J connectivity index is 1.42. The average molecular weight is 571 g/mol. The maximum atomic E-state index is 13.5. The van der Waals surface area contributed by atoms with Gasteiger partial charge in [-0.2, -0.15) is 0 Å². The van der Waals surface area contributed by atoms with Crippen LogP contribution >= 0.6 is 0 Å². The van der Waals surface area contributed by atoms with Gasteiger partial charge in [-0.25, -0.2) is 0 Å². The quantitative estimate of drug-likeness (QED) is 0.263. The third kappa shape index (κ3) is 8.27. The number of nitrogens with one attached hydrogen (secondary N) is 2.